The summed E-state index contributed by atoms with van der Waals surface area (Å²) in [5, 5.41) is 8.03. The van der Waals surface area contributed by atoms with Crippen molar-refractivity contribution in [1.29, 1.82) is 0 Å². The molecule has 154 valence electrons. The lowest BCUT2D eigenvalue weighted by molar-refractivity contribution is -0.141. The Balaban J connectivity index is 2.15. The normalized spacial score (nSPS) is 11.5. The minimum atomic E-state index is -4.57. The van der Waals surface area contributed by atoms with Crippen LogP contribution in [0.25, 0.3) is 0 Å². The summed E-state index contributed by atoms with van der Waals surface area (Å²) in [6, 6.07) is 6.57. The van der Waals surface area contributed by atoms with Crippen LogP contribution in [0.15, 0.2) is 30.3 Å². The summed E-state index contributed by atoms with van der Waals surface area (Å²) in [5.74, 6) is -0.864. The van der Waals surface area contributed by atoms with Crippen molar-refractivity contribution in [2.24, 2.45) is 0 Å². The first kappa shape index (κ1) is 21.7. The van der Waals surface area contributed by atoms with E-state index < -0.39 is 23.6 Å². The lowest BCUT2D eigenvalue weighted by Crippen LogP contribution is -2.39. The third kappa shape index (κ3) is 5.97. The van der Waals surface area contributed by atoms with Crippen molar-refractivity contribution in [1.82, 2.24) is 15.2 Å². The summed E-state index contributed by atoms with van der Waals surface area (Å²) < 4.78 is 52.6. The maximum Gasteiger partial charge on any atom is 0.435 e. The van der Waals surface area contributed by atoms with E-state index in [1.54, 1.807) is 11.1 Å². The zero-order valence-electron chi connectivity index (χ0n) is 15.9. The summed E-state index contributed by atoms with van der Waals surface area (Å²) in [6.07, 6.45) is -3.15. The van der Waals surface area contributed by atoms with E-state index in [1.165, 1.54) is 23.0 Å². The van der Waals surface area contributed by atoms with Crippen LogP contribution in [0.2, 0.25) is 0 Å². The van der Waals surface area contributed by atoms with Gasteiger partial charge in [0.2, 0.25) is 5.91 Å². The standard InChI is InChI=1S/C19H24F4N4O/c1-3-8-26(9-4-2)27-16(12-17(25-27)19(21,22)23)13-24-18(28)11-14-6-5-7-15(20)10-14/h5-7,10,12H,3-4,8-9,11,13H2,1-2H3,(H,24,28). The van der Waals surface area contributed by atoms with Crippen molar-refractivity contribution in [2.45, 2.75) is 45.8 Å². The van der Waals surface area contributed by atoms with Crippen LogP contribution in [0, 0.1) is 5.82 Å². The Labute approximate surface area is 161 Å². The average Bonchev–Trinajstić information content (AvgIpc) is 3.04. The molecule has 0 atom stereocenters. The van der Waals surface area contributed by atoms with Gasteiger partial charge in [0.1, 0.15) is 5.82 Å². The van der Waals surface area contributed by atoms with Gasteiger partial charge in [0.15, 0.2) is 5.69 Å². The Morgan fingerprint density at radius 1 is 1.18 bits per heavy atom. The van der Waals surface area contributed by atoms with Crippen LogP contribution in [-0.2, 0) is 23.9 Å². The summed E-state index contributed by atoms with van der Waals surface area (Å²) in [5.41, 5.74) is -0.276. The van der Waals surface area contributed by atoms with Gasteiger partial charge in [-0.25, -0.2) is 4.39 Å². The van der Waals surface area contributed by atoms with E-state index in [2.05, 4.69) is 10.4 Å². The van der Waals surface area contributed by atoms with Gasteiger partial charge in [-0.3, -0.25) is 9.80 Å². The minimum Gasteiger partial charge on any atom is -0.350 e. The van der Waals surface area contributed by atoms with Gasteiger partial charge >= 0.3 is 6.18 Å². The predicted octanol–water partition coefficient (Wildman–Crippen LogP) is 3.66. The smallest absolute Gasteiger partial charge is 0.350 e. The van der Waals surface area contributed by atoms with E-state index in [1.807, 2.05) is 13.8 Å². The fourth-order valence-electron chi connectivity index (χ4n) is 2.82. The number of nitrogens with zero attached hydrogens (tertiary/aromatic N) is 3. The highest BCUT2D eigenvalue weighted by Gasteiger charge is 2.35. The minimum absolute atomic E-state index is 0.0638. The predicted molar refractivity (Wildman–Crippen MR) is 97.7 cm³/mol. The first-order valence-corrected chi connectivity index (χ1v) is 9.17. The van der Waals surface area contributed by atoms with Gasteiger partial charge in [-0.15, -0.1) is 5.10 Å². The van der Waals surface area contributed by atoms with Crippen molar-refractivity contribution in [2.75, 3.05) is 18.1 Å². The lowest BCUT2D eigenvalue weighted by Gasteiger charge is -2.25. The van der Waals surface area contributed by atoms with E-state index >= 15 is 0 Å². The number of nitrogens with one attached hydrogen (secondary N) is 1. The number of carbonyl (C=O) groups excluding carboxylic acids is 1. The molecule has 0 aliphatic rings. The molecule has 5 nitrogen and oxygen atoms in total. The summed E-state index contributed by atoms with van der Waals surface area (Å²) in [7, 11) is 0. The van der Waals surface area contributed by atoms with Crippen molar-refractivity contribution >= 4 is 5.91 Å². The number of hydrogen-bond acceptors (Lipinski definition) is 3. The maximum atomic E-state index is 13.2. The van der Waals surface area contributed by atoms with Crippen LogP contribution < -0.4 is 10.3 Å². The molecule has 28 heavy (non-hydrogen) atoms. The van der Waals surface area contributed by atoms with Crippen LogP contribution in [0.1, 0.15) is 43.6 Å². The number of carbonyl (C=O) groups is 1. The molecule has 0 saturated carbocycles. The van der Waals surface area contributed by atoms with Crippen molar-refractivity contribution in [3.63, 3.8) is 0 Å². The molecule has 1 N–H and O–H groups in total. The quantitative estimate of drug-likeness (QED) is 0.654. The molecule has 2 aromatic rings. The highest BCUT2D eigenvalue weighted by atomic mass is 19.4. The molecule has 0 spiro atoms. The molecule has 1 aromatic carbocycles. The molecule has 0 fully saturated rings. The van der Waals surface area contributed by atoms with Gasteiger partial charge in [-0.2, -0.15) is 18.0 Å². The number of rotatable bonds is 9. The average molecular weight is 400 g/mol. The van der Waals surface area contributed by atoms with Crippen LogP contribution >= 0.6 is 0 Å². The van der Waals surface area contributed by atoms with Gasteiger partial charge in [0.25, 0.3) is 0 Å². The van der Waals surface area contributed by atoms with Crippen LogP contribution in [0.4, 0.5) is 17.6 Å². The molecule has 1 aromatic heterocycles. The number of alkyl halides is 3. The zero-order valence-corrected chi connectivity index (χ0v) is 15.9. The van der Waals surface area contributed by atoms with Crippen molar-refractivity contribution < 1.29 is 22.4 Å². The van der Waals surface area contributed by atoms with Crippen LogP contribution in [0.5, 0.6) is 0 Å². The first-order valence-electron chi connectivity index (χ1n) is 9.17. The second-order valence-electron chi connectivity index (χ2n) is 6.45. The number of benzene rings is 1. The van der Waals surface area contributed by atoms with Gasteiger partial charge < -0.3 is 5.32 Å². The Bertz CT molecular complexity index is 782. The van der Waals surface area contributed by atoms with Crippen LogP contribution in [-0.4, -0.2) is 28.9 Å². The SMILES string of the molecule is CCCN(CCC)n1nc(C(F)(F)F)cc1CNC(=O)Cc1cccc(F)c1. The second-order valence-corrected chi connectivity index (χ2v) is 6.45. The topological polar surface area (TPSA) is 50.2 Å². The highest BCUT2D eigenvalue weighted by molar-refractivity contribution is 5.78. The fourth-order valence-corrected chi connectivity index (χ4v) is 2.82. The second kappa shape index (κ2) is 9.57. The van der Waals surface area contributed by atoms with E-state index in [0.29, 0.717) is 18.7 Å². The number of halogens is 4. The highest BCUT2D eigenvalue weighted by Crippen LogP contribution is 2.28. The molecule has 2 rings (SSSR count). The number of amides is 1. The monoisotopic (exact) mass is 400 g/mol. The first-order chi connectivity index (χ1) is 13.2. The van der Waals surface area contributed by atoms with Crippen LogP contribution in [0.3, 0.4) is 0 Å². The van der Waals surface area contributed by atoms with Gasteiger partial charge in [0.05, 0.1) is 18.7 Å². The van der Waals surface area contributed by atoms with E-state index in [-0.39, 0.29) is 18.7 Å². The molecular formula is C19H24F4N4O. The zero-order chi connectivity index (χ0) is 20.7. The Kier molecular flexibility index (Phi) is 7.42. The summed E-state index contributed by atoms with van der Waals surface area (Å²) in [4.78, 5) is 13.4. The van der Waals surface area contributed by atoms with E-state index in [9.17, 15) is 22.4 Å². The van der Waals surface area contributed by atoms with Gasteiger partial charge in [-0.05, 0) is 36.6 Å². The number of hydrogen-bond donors (Lipinski definition) is 1. The Hall–Kier alpha value is -2.58. The molecule has 0 aliphatic carbocycles. The van der Waals surface area contributed by atoms with E-state index in [0.717, 1.165) is 18.9 Å². The van der Waals surface area contributed by atoms with Gasteiger partial charge in [-0.1, -0.05) is 26.0 Å². The molecule has 0 radical (unpaired) electrons. The fraction of sp³-hybridized carbons (Fsp3) is 0.474. The maximum absolute atomic E-state index is 13.2. The van der Waals surface area contributed by atoms with Crippen molar-refractivity contribution in [3.05, 3.63) is 53.1 Å². The largest absolute Gasteiger partial charge is 0.435 e. The Morgan fingerprint density at radius 3 is 2.43 bits per heavy atom. The number of aromatic nitrogens is 2. The molecular weight excluding hydrogens is 376 g/mol. The molecule has 1 heterocycles. The molecule has 0 aliphatic heterocycles. The molecule has 0 saturated heterocycles. The summed E-state index contributed by atoms with van der Waals surface area (Å²) >= 11 is 0. The van der Waals surface area contributed by atoms with Gasteiger partial charge in [0, 0.05) is 13.1 Å². The summed E-state index contributed by atoms with van der Waals surface area (Å²) in [6.45, 7) is 4.82. The van der Waals surface area contributed by atoms with Crippen molar-refractivity contribution in [3.8, 4) is 0 Å². The molecule has 1 amide bonds. The molecule has 0 bridgehead atoms. The molecule has 0 unspecified atom stereocenters. The third-order valence-electron chi connectivity index (χ3n) is 4.00. The third-order valence-corrected chi connectivity index (χ3v) is 4.00. The molecule has 9 heteroatoms. The Morgan fingerprint density at radius 2 is 1.86 bits per heavy atom. The lowest BCUT2D eigenvalue weighted by atomic mass is 10.1. The van der Waals surface area contributed by atoms with E-state index in [4.69, 9.17) is 0 Å².